The molecule has 1 aromatic carbocycles. The topological polar surface area (TPSA) is 139 Å². The van der Waals surface area contributed by atoms with Crippen LogP contribution in [0.15, 0.2) is 36.9 Å². The van der Waals surface area contributed by atoms with Gasteiger partial charge in [-0.3, -0.25) is 14.5 Å². The van der Waals surface area contributed by atoms with Crippen molar-refractivity contribution in [3.63, 3.8) is 0 Å². The number of aryl methyl sites for hydroxylation is 1. The highest BCUT2D eigenvalue weighted by atomic mass is 19.1. The van der Waals surface area contributed by atoms with Gasteiger partial charge >= 0.3 is 0 Å². The molecule has 3 aromatic rings. The second-order valence-corrected chi connectivity index (χ2v) is 10.7. The molecule has 2 aliphatic rings. The van der Waals surface area contributed by atoms with Crippen molar-refractivity contribution < 1.29 is 28.2 Å². The molecule has 0 aliphatic carbocycles. The fourth-order valence-corrected chi connectivity index (χ4v) is 5.09. The molecule has 4 heterocycles. The number of amides is 2. The Kier molecular flexibility index (Phi) is 7.23. The standard InChI is InChI=1S/C26H30F2N8O4/c1-16(23(37)33-20-11-30-22(12-29-20)40-19-5-4-17(27)10-18(19)28)34-8-9-35(25(2,3)13-34)24(38)26(39)7-6-21-31-15-32-36(21)14-26/h4-5,10-12,15-16,39H,6-9,13-14H2,1-3H3,(H,29,33,37)/t16-,26-/m1/s1. The third-order valence-electron chi connectivity index (χ3n) is 7.36. The minimum Gasteiger partial charge on any atom is -0.434 e. The van der Waals surface area contributed by atoms with E-state index in [1.54, 1.807) is 16.5 Å². The van der Waals surface area contributed by atoms with Crippen LogP contribution in [0, 0.1) is 11.6 Å². The van der Waals surface area contributed by atoms with Crippen molar-refractivity contribution in [2.45, 2.75) is 57.3 Å². The lowest BCUT2D eigenvalue weighted by molar-refractivity contribution is -0.165. The Morgan fingerprint density at radius 1 is 1.12 bits per heavy atom. The second kappa shape index (κ2) is 10.5. The lowest BCUT2D eigenvalue weighted by Gasteiger charge is -2.50. The zero-order valence-corrected chi connectivity index (χ0v) is 22.3. The fourth-order valence-electron chi connectivity index (χ4n) is 5.09. The average molecular weight is 557 g/mol. The van der Waals surface area contributed by atoms with Gasteiger partial charge in [0.05, 0.1) is 30.5 Å². The second-order valence-electron chi connectivity index (χ2n) is 10.7. The summed E-state index contributed by atoms with van der Waals surface area (Å²) in [6.07, 6.45) is 4.63. The maximum absolute atomic E-state index is 13.8. The Hall–Kier alpha value is -4.04. The minimum absolute atomic E-state index is 0.0289. The number of rotatable bonds is 6. The number of anilines is 1. The maximum atomic E-state index is 13.8. The van der Waals surface area contributed by atoms with E-state index in [1.807, 2.05) is 18.7 Å². The highest BCUT2D eigenvalue weighted by Gasteiger charge is 2.48. The predicted molar refractivity (Wildman–Crippen MR) is 137 cm³/mol. The van der Waals surface area contributed by atoms with Crippen LogP contribution in [-0.4, -0.2) is 88.3 Å². The van der Waals surface area contributed by atoms with Crippen molar-refractivity contribution in [1.82, 2.24) is 34.5 Å². The number of halogens is 2. The zero-order chi connectivity index (χ0) is 28.7. The van der Waals surface area contributed by atoms with Gasteiger partial charge in [-0.15, -0.1) is 0 Å². The van der Waals surface area contributed by atoms with E-state index in [9.17, 15) is 23.5 Å². The van der Waals surface area contributed by atoms with Gasteiger partial charge in [-0.2, -0.15) is 5.10 Å². The van der Waals surface area contributed by atoms with Crippen molar-refractivity contribution >= 4 is 17.6 Å². The van der Waals surface area contributed by atoms with Crippen LogP contribution in [0.5, 0.6) is 11.6 Å². The van der Waals surface area contributed by atoms with Gasteiger partial charge in [-0.05, 0) is 39.3 Å². The summed E-state index contributed by atoms with van der Waals surface area (Å²) in [4.78, 5) is 42.4. The van der Waals surface area contributed by atoms with Crippen molar-refractivity contribution in [2.24, 2.45) is 0 Å². The van der Waals surface area contributed by atoms with E-state index >= 15 is 0 Å². The molecule has 2 aliphatic heterocycles. The van der Waals surface area contributed by atoms with Gasteiger partial charge in [-0.1, -0.05) is 0 Å². The van der Waals surface area contributed by atoms with Crippen LogP contribution in [-0.2, 0) is 22.6 Å². The van der Waals surface area contributed by atoms with Crippen LogP contribution in [0.25, 0.3) is 0 Å². The Morgan fingerprint density at radius 3 is 2.62 bits per heavy atom. The molecule has 1 fully saturated rings. The molecule has 40 heavy (non-hydrogen) atoms. The molecule has 0 unspecified atom stereocenters. The molecule has 5 rings (SSSR count). The van der Waals surface area contributed by atoms with E-state index in [4.69, 9.17) is 4.74 Å². The van der Waals surface area contributed by atoms with Crippen molar-refractivity contribution in [2.75, 3.05) is 25.0 Å². The number of carbonyl (C=O) groups excluding carboxylic acids is 2. The SMILES string of the molecule is C[C@H](C(=O)Nc1cnc(Oc2ccc(F)cc2F)cn1)N1CCN(C(=O)[C@@]2(O)CCc3ncnn3C2)C(C)(C)C1. The Labute approximate surface area is 229 Å². The molecular weight excluding hydrogens is 526 g/mol. The normalized spacial score (nSPS) is 21.4. The predicted octanol–water partition coefficient (Wildman–Crippen LogP) is 1.77. The van der Waals surface area contributed by atoms with Gasteiger partial charge in [0.1, 0.15) is 18.0 Å². The molecule has 14 heteroatoms. The summed E-state index contributed by atoms with van der Waals surface area (Å²) >= 11 is 0. The third kappa shape index (κ3) is 5.49. The third-order valence-corrected chi connectivity index (χ3v) is 7.36. The number of nitrogens with zero attached hydrogens (tertiary/aromatic N) is 7. The van der Waals surface area contributed by atoms with Crippen LogP contribution in [0.2, 0.25) is 0 Å². The van der Waals surface area contributed by atoms with Gasteiger partial charge in [0.2, 0.25) is 11.8 Å². The van der Waals surface area contributed by atoms with Crippen LogP contribution in [0.3, 0.4) is 0 Å². The number of nitrogens with one attached hydrogen (secondary N) is 1. The van der Waals surface area contributed by atoms with Gasteiger partial charge in [0.15, 0.2) is 23.0 Å². The molecule has 0 spiro atoms. The van der Waals surface area contributed by atoms with Crippen LogP contribution >= 0.6 is 0 Å². The largest absolute Gasteiger partial charge is 0.434 e. The highest BCUT2D eigenvalue weighted by molar-refractivity contribution is 5.93. The Bertz CT molecular complexity index is 1420. The summed E-state index contributed by atoms with van der Waals surface area (Å²) in [7, 11) is 0. The first-order valence-electron chi connectivity index (χ1n) is 12.9. The van der Waals surface area contributed by atoms with E-state index in [-0.39, 0.29) is 42.2 Å². The number of aliphatic hydroxyl groups is 1. The number of benzene rings is 1. The number of aromatic nitrogens is 5. The number of fused-ring (bicyclic) bond motifs is 1. The zero-order valence-electron chi connectivity index (χ0n) is 22.3. The number of hydrogen-bond acceptors (Lipinski definition) is 9. The molecule has 0 radical (unpaired) electrons. The Balaban J connectivity index is 1.18. The summed E-state index contributed by atoms with van der Waals surface area (Å²) in [6, 6.07) is 2.34. The molecule has 2 amide bonds. The van der Waals surface area contributed by atoms with E-state index in [0.717, 1.165) is 18.0 Å². The molecule has 1 saturated heterocycles. The molecule has 12 nitrogen and oxygen atoms in total. The fraction of sp³-hybridized carbons (Fsp3) is 0.462. The van der Waals surface area contributed by atoms with Gasteiger partial charge in [0.25, 0.3) is 5.91 Å². The molecule has 0 saturated carbocycles. The van der Waals surface area contributed by atoms with Crippen molar-refractivity contribution in [3.05, 3.63) is 54.4 Å². The monoisotopic (exact) mass is 556 g/mol. The smallest absolute Gasteiger partial charge is 0.257 e. The van der Waals surface area contributed by atoms with E-state index in [0.29, 0.717) is 32.1 Å². The highest BCUT2D eigenvalue weighted by Crippen LogP contribution is 2.30. The molecule has 2 aromatic heterocycles. The summed E-state index contributed by atoms with van der Waals surface area (Å²) in [5.74, 6) is -1.61. The van der Waals surface area contributed by atoms with Gasteiger partial charge < -0.3 is 20.1 Å². The molecule has 212 valence electrons. The minimum atomic E-state index is -1.57. The number of ether oxygens (including phenoxy) is 1. The number of carbonyl (C=O) groups is 2. The first-order valence-corrected chi connectivity index (χ1v) is 12.9. The molecule has 0 bridgehead atoms. The lowest BCUT2D eigenvalue weighted by atomic mass is 9.88. The molecule has 2 atom stereocenters. The quantitative estimate of drug-likeness (QED) is 0.465. The van der Waals surface area contributed by atoms with E-state index in [2.05, 4.69) is 25.4 Å². The van der Waals surface area contributed by atoms with Crippen LogP contribution < -0.4 is 10.1 Å². The Morgan fingerprint density at radius 2 is 1.93 bits per heavy atom. The number of hydrogen-bond donors (Lipinski definition) is 2. The van der Waals surface area contributed by atoms with E-state index < -0.39 is 28.8 Å². The lowest BCUT2D eigenvalue weighted by Crippen LogP contribution is -2.67. The average Bonchev–Trinajstić information content (AvgIpc) is 3.37. The van der Waals surface area contributed by atoms with Gasteiger partial charge in [-0.25, -0.2) is 28.4 Å². The summed E-state index contributed by atoms with van der Waals surface area (Å²) in [5, 5.41) is 18.0. The van der Waals surface area contributed by atoms with Crippen molar-refractivity contribution in [3.8, 4) is 11.6 Å². The maximum Gasteiger partial charge on any atom is 0.257 e. The first-order chi connectivity index (χ1) is 18.9. The summed E-state index contributed by atoms with van der Waals surface area (Å²) < 4.78 is 33.8. The van der Waals surface area contributed by atoms with Crippen LogP contribution in [0.4, 0.5) is 14.6 Å². The van der Waals surface area contributed by atoms with Crippen LogP contribution in [0.1, 0.15) is 33.0 Å². The summed E-state index contributed by atoms with van der Waals surface area (Å²) in [5.41, 5.74) is -2.23. The number of piperazine rings is 1. The van der Waals surface area contributed by atoms with Gasteiger partial charge in [0, 0.05) is 32.1 Å². The summed E-state index contributed by atoms with van der Waals surface area (Å²) in [6.45, 7) is 6.79. The molecule has 2 N–H and O–H groups in total. The van der Waals surface area contributed by atoms with Crippen molar-refractivity contribution in [1.29, 1.82) is 0 Å². The van der Waals surface area contributed by atoms with E-state index in [1.165, 1.54) is 18.7 Å². The first kappa shape index (κ1) is 27.5. The molecular formula is C26H30F2N8O4.